The summed E-state index contributed by atoms with van der Waals surface area (Å²) in [7, 11) is 0. The average molecular weight is 322 g/mol. The first-order valence-electron chi connectivity index (χ1n) is 8.67. The van der Waals surface area contributed by atoms with Crippen LogP contribution in [0.5, 0.6) is 0 Å². The molecule has 3 heteroatoms. The van der Waals surface area contributed by atoms with Crippen LogP contribution in [0.2, 0.25) is 0 Å². The van der Waals surface area contributed by atoms with Crippen molar-refractivity contribution in [1.29, 1.82) is 0 Å². The highest BCUT2D eigenvalue weighted by atomic mass is 16.1. The molecule has 3 rings (SSSR count). The molecule has 1 fully saturated rings. The molecule has 3 nitrogen and oxygen atoms in total. The summed E-state index contributed by atoms with van der Waals surface area (Å²) in [6, 6.07) is 14.7. The largest absolute Gasteiger partial charge is 0.369 e. The zero-order valence-corrected chi connectivity index (χ0v) is 14.9. The molecule has 1 aliphatic rings. The van der Waals surface area contributed by atoms with E-state index in [1.807, 2.05) is 12.1 Å². The Morgan fingerprint density at radius 2 is 1.62 bits per heavy atom. The van der Waals surface area contributed by atoms with Crippen LogP contribution in [0.25, 0.3) is 0 Å². The lowest BCUT2D eigenvalue weighted by molar-refractivity contribution is 0.101. The summed E-state index contributed by atoms with van der Waals surface area (Å²) in [4.78, 5) is 16.3. The van der Waals surface area contributed by atoms with Crippen LogP contribution < -0.4 is 4.90 Å². The Hall–Kier alpha value is -2.13. The summed E-state index contributed by atoms with van der Waals surface area (Å²) in [5.41, 5.74) is 6.15. The van der Waals surface area contributed by atoms with Gasteiger partial charge < -0.3 is 4.90 Å². The molecule has 1 aliphatic heterocycles. The van der Waals surface area contributed by atoms with Crippen LogP contribution in [-0.2, 0) is 6.54 Å². The van der Waals surface area contributed by atoms with Crippen molar-refractivity contribution in [2.75, 3.05) is 31.1 Å². The predicted molar refractivity (Wildman–Crippen MR) is 99.9 cm³/mol. The lowest BCUT2D eigenvalue weighted by Crippen LogP contribution is -2.46. The molecule has 2 aromatic carbocycles. The summed E-state index contributed by atoms with van der Waals surface area (Å²) >= 11 is 0. The predicted octanol–water partition coefficient (Wildman–Crippen LogP) is 3.83. The van der Waals surface area contributed by atoms with Gasteiger partial charge in [0.05, 0.1) is 0 Å². The van der Waals surface area contributed by atoms with Crippen LogP contribution in [0.15, 0.2) is 42.5 Å². The first-order valence-corrected chi connectivity index (χ1v) is 8.67. The van der Waals surface area contributed by atoms with Gasteiger partial charge in [-0.1, -0.05) is 23.8 Å². The smallest absolute Gasteiger partial charge is 0.159 e. The number of piperazine rings is 1. The number of aryl methyl sites for hydroxylation is 2. The molecule has 1 heterocycles. The molecule has 0 N–H and O–H groups in total. The van der Waals surface area contributed by atoms with E-state index in [2.05, 4.69) is 54.0 Å². The minimum absolute atomic E-state index is 0.125. The molecule has 2 aromatic rings. The van der Waals surface area contributed by atoms with Crippen LogP contribution in [0, 0.1) is 13.8 Å². The van der Waals surface area contributed by atoms with Crippen molar-refractivity contribution in [3.63, 3.8) is 0 Å². The second-order valence-corrected chi connectivity index (χ2v) is 6.80. The third-order valence-corrected chi connectivity index (χ3v) is 4.91. The van der Waals surface area contributed by atoms with Crippen molar-refractivity contribution >= 4 is 11.5 Å². The number of rotatable bonds is 4. The van der Waals surface area contributed by atoms with Gasteiger partial charge in [-0.15, -0.1) is 0 Å². The van der Waals surface area contributed by atoms with Crippen molar-refractivity contribution < 1.29 is 4.79 Å². The number of hydrogen-bond acceptors (Lipinski definition) is 3. The standard InChI is InChI=1S/C21H26N2O/c1-16-4-5-17(2)20(14-16)15-22-10-12-23(13-11-22)21-8-6-19(7-9-21)18(3)24/h4-9,14H,10-13,15H2,1-3H3. The molecule has 1 saturated heterocycles. The van der Waals surface area contributed by atoms with Gasteiger partial charge in [0.25, 0.3) is 0 Å². The third kappa shape index (κ3) is 3.85. The van der Waals surface area contributed by atoms with Crippen molar-refractivity contribution in [2.45, 2.75) is 27.3 Å². The van der Waals surface area contributed by atoms with Crippen LogP contribution in [0.1, 0.15) is 34.0 Å². The number of hydrogen-bond donors (Lipinski definition) is 0. The highest BCUT2D eigenvalue weighted by molar-refractivity contribution is 5.94. The number of ketones is 1. The highest BCUT2D eigenvalue weighted by Crippen LogP contribution is 2.19. The quantitative estimate of drug-likeness (QED) is 0.799. The maximum Gasteiger partial charge on any atom is 0.159 e. The summed E-state index contributed by atoms with van der Waals surface area (Å²) in [5.74, 6) is 0.125. The van der Waals surface area contributed by atoms with E-state index in [1.165, 1.54) is 22.4 Å². The van der Waals surface area contributed by atoms with E-state index in [0.29, 0.717) is 0 Å². The number of nitrogens with zero attached hydrogens (tertiary/aromatic N) is 2. The topological polar surface area (TPSA) is 23.6 Å². The second kappa shape index (κ2) is 7.18. The molecule has 0 aliphatic carbocycles. The van der Waals surface area contributed by atoms with E-state index in [9.17, 15) is 4.79 Å². The number of anilines is 1. The molecule has 0 radical (unpaired) electrons. The van der Waals surface area contributed by atoms with Crippen LogP contribution in [-0.4, -0.2) is 36.9 Å². The number of Topliss-reactive ketones (excluding diaryl/α,β-unsaturated/α-hetero) is 1. The van der Waals surface area contributed by atoms with Gasteiger partial charge in [-0.2, -0.15) is 0 Å². The number of benzene rings is 2. The molecule has 0 bridgehead atoms. The molecule has 126 valence electrons. The normalized spacial score (nSPS) is 15.5. The fourth-order valence-corrected chi connectivity index (χ4v) is 3.28. The van der Waals surface area contributed by atoms with E-state index in [0.717, 1.165) is 38.3 Å². The van der Waals surface area contributed by atoms with Gasteiger partial charge in [-0.3, -0.25) is 9.69 Å². The van der Waals surface area contributed by atoms with Gasteiger partial charge in [-0.25, -0.2) is 0 Å². The van der Waals surface area contributed by atoms with Gasteiger partial charge in [0, 0.05) is 44.0 Å². The SMILES string of the molecule is CC(=O)c1ccc(N2CCN(Cc3cc(C)ccc3C)CC2)cc1. The minimum atomic E-state index is 0.125. The zero-order chi connectivity index (χ0) is 17.1. The Morgan fingerprint density at radius 1 is 0.958 bits per heavy atom. The minimum Gasteiger partial charge on any atom is -0.369 e. The van der Waals surface area contributed by atoms with Crippen molar-refractivity contribution in [1.82, 2.24) is 4.90 Å². The molecule has 0 aromatic heterocycles. The summed E-state index contributed by atoms with van der Waals surface area (Å²) in [6.07, 6.45) is 0. The summed E-state index contributed by atoms with van der Waals surface area (Å²) in [5, 5.41) is 0. The number of carbonyl (C=O) groups excluding carboxylic acids is 1. The Bertz CT molecular complexity index is 713. The van der Waals surface area contributed by atoms with E-state index in [4.69, 9.17) is 0 Å². The maximum atomic E-state index is 11.4. The molecule has 0 atom stereocenters. The van der Waals surface area contributed by atoms with Crippen LogP contribution in [0.3, 0.4) is 0 Å². The Kier molecular flexibility index (Phi) is 5.00. The highest BCUT2D eigenvalue weighted by Gasteiger charge is 2.18. The molecule has 0 saturated carbocycles. The molecular formula is C21H26N2O. The maximum absolute atomic E-state index is 11.4. The lowest BCUT2D eigenvalue weighted by atomic mass is 10.0. The van der Waals surface area contributed by atoms with E-state index in [1.54, 1.807) is 6.92 Å². The van der Waals surface area contributed by atoms with Crippen LogP contribution >= 0.6 is 0 Å². The lowest BCUT2D eigenvalue weighted by Gasteiger charge is -2.36. The van der Waals surface area contributed by atoms with E-state index in [-0.39, 0.29) is 5.78 Å². The fourth-order valence-electron chi connectivity index (χ4n) is 3.28. The Morgan fingerprint density at radius 3 is 2.25 bits per heavy atom. The average Bonchev–Trinajstić information content (AvgIpc) is 2.59. The van der Waals surface area contributed by atoms with Crippen molar-refractivity contribution in [2.24, 2.45) is 0 Å². The van der Waals surface area contributed by atoms with Crippen LogP contribution in [0.4, 0.5) is 5.69 Å². The monoisotopic (exact) mass is 322 g/mol. The summed E-state index contributed by atoms with van der Waals surface area (Å²) in [6.45, 7) is 11.2. The summed E-state index contributed by atoms with van der Waals surface area (Å²) < 4.78 is 0. The van der Waals surface area contributed by atoms with Gasteiger partial charge in [0.15, 0.2) is 5.78 Å². The van der Waals surface area contributed by atoms with Crippen molar-refractivity contribution in [3.05, 3.63) is 64.7 Å². The van der Waals surface area contributed by atoms with E-state index < -0.39 is 0 Å². The Labute approximate surface area is 144 Å². The second-order valence-electron chi connectivity index (χ2n) is 6.80. The first kappa shape index (κ1) is 16.7. The molecule has 0 unspecified atom stereocenters. The molecular weight excluding hydrogens is 296 g/mol. The third-order valence-electron chi connectivity index (χ3n) is 4.91. The van der Waals surface area contributed by atoms with Gasteiger partial charge in [0.1, 0.15) is 0 Å². The molecule has 24 heavy (non-hydrogen) atoms. The molecule has 0 spiro atoms. The Balaban J connectivity index is 1.59. The van der Waals surface area contributed by atoms with E-state index >= 15 is 0 Å². The zero-order valence-electron chi connectivity index (χ0n) is 14.9. The number of carbonyl (C=O) groups is 1. The van der Waals surface area contributed by atoms with Gasteiger partial charge in [-0.05, 0) is 56.2 Å². The fraction of sp³-hybridized carbons (Fsp3) is 0.381. The molecule has 0 amide bonds. The van der Waals surface area contributed by atoms with Crippen molar-refractivity contribution in [3.8, 4) is 0 Å². The van der Waals surface area contributed by atoms with Gasteiger partial charge >= 0.3 is 0 Å². The first-order chi connectivity index (χ1) is 11.5. The van der Waals surface area contributed by atoms with Gasteiger partial charge in [0.2, 0.25) is 0 Å².